The number of benzene rings is 1. The highest BCUT2D eigenvalue weighted by Crippen LogP contribution is 2.11. The number of rotatable bonds is 7. The molecule has 0 aliphatic carbocycles. The Morgan fingerprint density at radius 2 is 2.00 bits per heavy atom. The van der Waals surface area contributed by atoms with Crippen LogP contribution in [0.4, 0.5) is 0 Å². The third-order valence-corrected chi connectivity index (χ3v) is 2.75. The smallest absolute Gasteiger partial charge is 0.306 e. The zero-order valence-corrected chi connectivity index (χ0v) is 10.6. The summed E-state index contributed by atoms with van der Waals surface area (Å²) in [5.41, 5.74) is 1.05. The first-order valence-corrected chi connectivity index (χ1v) is 5.79. The number of carbonyl (C=O) groups is 1. The maximum Gasteiger partial charge on any atom is 0.306 e. The molecule has 5 heteroatoms. The molecule has 0 spiro atoms. The summed E-state index contributed by atoms with van der Waals surface area (Å²) in [6, 6.07) is 7.28. The lowest BCUT2D eigenvalue weighted by atomic mass is 10.1. The molecule has 3 N–H and O–H groups in total. The molecule has 0 fully saturated rings. The van der Waals surface area contributed by atoms with Gasteiger partial charge < -0.3 is 20.3 Å². The van der Waals surface area contributed by atoms with E-state index in [2.05, 4.69) is 5.32 Å². The molecule has 100 valence electrons. The zero-order chi connectivity index (χ0) is 13.5. The third-order valence-electron chi connectivity index (χ3n) is 2.75. The van der Waals surface area contributed by atoms with Crippen molar-refractivity contribution in [3.8, 4) is 5.75 Å². The predicted octanol–water partition coefficient (Wildman–Crippen LogP) is 1.01. The van der Waals surface area contributed by atoms with Gasteiger partial charge in [0.25, 0.3) is 0 Å². The summed E-state index contributed by atoms with van der Waals surface area (Å²) in [6.07, 6.45) is -1.14. The summed E-state index contributed by atoms with van der Waals surface area (Å²) in [4.78, 5) is 10.5. The van der Waals surface area contributed by atoms with Crippen LogP contribution in [0, 0.1) is 0 Å². The Balaban J connectivity index is 2.41. The minimum absolute atomic E-state index is 0.253. The minimum atomic E-state index is -0.999. The quantitative estimate of drug-likeness (QED) is 0.676. The van der Waals surface area contributed by atoms with Crippen LogP contribution in [0.5, 0.6) is 5.75 Å². The summed E-state index contributed by atoms with van der Waals surface area (Å²) in [6.45, 7) is 2.33. The van der Waals surface area contributed by atoms with Gasteiger partial charge in [0.1, 0.15) is 5.75 Å². The van der Waals surface area contributed by atoms with E-state index in [0.717, 1.165) is 11.3 Å². The second-order valence-corrected chi connectivity index (χ2v) is 4.18. The van der Waals surface area contributed by atoms with Crippen LogP contribution in [-0.4, -0.2) is 35.4 Å². The molecule has 0 amide bonds. The number of ether oxygens (including phenoxy) is 1. The first-order chi connectivity index (χ1) is 8.52. The van der Waals surface area contributed by atoms with Gasteiger partial charge in [-0.3, -0.25) is 4.79 Å². The van der Waals surface area contributed by atoms with E-state index < -0.39 is 12.1 Å². The Bertz CT molecular complexity index is 377. The molecule has 0 saturated carbocycles. The van der Waals surface area contributed by atoms with E-state index in [4.69, 9.17) is 9.84 Å². The molecule has 0 saturated heterocycles. The number of hydrogen-bond acceptors (Lipinski definition) is 4. The molecule has 0 aliphatic rings. The molecule has 1 aromatic rings. The Labute approximate surface area is 106 Å². The molecular formula is C13H19NO4. The van der Waals surface area contributed by atoms with E-state index >= 15 is 0 Å². The topological polar surface area (TPSA) is 78.8 Å². The Kier molecular flexibility index (Phi) is 5.61. The van der Waals surface area contributed by atoms with Gasteiger partial charge in [-0.25, -0.2) is 0 Å². The van der Waals surface area contributed by atoms with Crippen LogP contribution in [0.1, 0.15) is 18.9 Å². The Hall–Kier alpha value is -1.59. The van der Waals surface area contributed by atoms with Gasteiger partial charge in [-0.15, -0.1) is 0 Å². The van der Waals surface area contributed by atoms with Gasteiger partial charge in [-0.05, 0) is 24.6 Å². The number of aliphatic hydroxyl groups excluding tert-OH is 1. The number of aliphatic hydroxyl groups is 1. The van der Waals surface area contributed by atoms with Gasteiger partial charge in [0.2, 0.25) is 0 Å². The van der Waals surface area contributed by atoms with Crippen molar-refractivity contribution in [2.75, 3.05) is 7.11 Å². The fourth-order valence-corrected chi connectivity index (χ4v) is 1.51. The number of methoxy groups -OCH3 is 1. The maximum absolute atomic E-state index is 10.5. The summed E-state index contributed by atoms with van der Waals surface area (Å²) >= 11 is 0. The standard InChI is InChI=1S/C13H19NO4/c1-9(12(15)7-13(16)17)14-8-10-3-5-11(18-2)6-4-10/h3-6,9,12,14-15H,7-8H2,1-2H3,(H,16,17). The SMILES string of the molecule is COc1ccc(CNC(C)C(O)CC(=O)O)cc1. The van der Waals surface area contributed by atoms with Crippen LogP contribution in [0.2, 0.25) is 0 Å². The number of nitrogens with one attached hydrogen (secondary N) is 1. The summed E-state index contributed by atoms with van der Waals surface area (Å²) in [7, 11) is 1.61. The molecule has 18 heavy (non-hydrogen) atoms. The maximum atomic E-state index is 10.5. The second kappa shape index (κ2) is 6.98. The molecule has 1 rings (SSSR count). The van der Waals surface area contributed by atoms with Crippen molar-refractivity contribution < 1.29 is 19.7 Å². The summed E-state index contributed by atoms with van der Waals surface area (Å²) in [5, 5.41) is 21.2. The van der Waals surface area contributed by atoms with E-state index in [-0.39, 0.29) is 12.5 Å². The molecule has 0 heterocycles. The van der Waals surface area contributed by atoms with Crippen molar-refractivity contribution in [2.24, 2.45) is 0 Å². The molecule has 0 aliphatic heterocycles. The fraction of sp³-hybridized carbons (Fsp3) is 0.462. The summed E-state index contributed by atoms with van der Waals surface area (Å²) < 4.78 is 5.05. The lowest BCUT2D eigenvalue weighted by Gasteiger charge is -2.18. The van der Waals surface area contributed by atoms with E-state index in [1.165, 1.54) is 0 Å². The predicted molar refractivity (Wildman–Crippen MR) is 67.6 cm³/mol. The first kappa shape index (κ1) is 14.5. The van der Waals surface area contributed by atoms with E-state index in [1.54, 1.807) is 14.0 Å². The van der Waals surface area contributed by atoms with Crippen LogP contribution in [0.25, 0.3) is 0 Å². The molecule has 0 bridgehead atoms. The molecule has 0 aromatic heterocycles. The number of hydrogen-bond donors (Lipinski definition) is 3. The second-order valence-electron chi connectivity index (χ2n) is 4.18. The fourth-order valence-electron chi connectivity index (χ4n) is 1.51. The average molecular weight is 253 g/mol. The van der Waals surface area contributed by atoms with Gasteiger partial charge in [0.15, 0.2) is 0 Å². The van der Waals surface area contributed by atoms with E-state index in [1.807, 2.05) is 24.3 Å². The first-order valence-electron chi connectivity index (χ1n) is 5.79. The molecule has 2 unspecified atom stereocenters. The molecular weight excluding hydrogens is 234 g/mol. The largest absolute Gasteiger partial charge is 0.497 e. The van der Waals surface area contributed by atoms with E-state index in [9.17, 15) is 9.90 Å². The molecule has 0 radical (unpaired) electrons. The number of aliphatic carboxylic acids is 1. The monoisotopic (exact) mass is 253 g/mol. The number of carboxylic acids is 1. The van der Waals surface area contributed by atoms with Crippen molar-refractivity contribution in [3.63, 3.8) is 0 Å². The molecule has 5 nitrogen and oxygen atoms in total. The van der Waals surface area contributed by atoms with Crippen LogP contribution in [0.3, 0.4) is 0 Å². The van der Waals surface area contributed by atoms with Crippen LogP contribution in [0.15, 0.2) is 24.3 Å². The highest BCUT2D eigenvalue weighted by atomic mass is 16.5. The van der Waals surface area contributed by atoms with Crippen molar-refractivity contribution in [1.29, 1.82) is 0 Å². The highest BCUT2D eigenvalue weighted by molar-refractivity contribution is 5.67. The lowest BCUT2D eigenvalue weighted by Crippen LogP contribution is -2.38. The van der Waals surface area contributed by atoms with Gasteiger partial charge in [-0.1, -0.05) is 12.1 Å². The summed E-state index contributed by atoms with van der Waals surface area (Å²) in [5.74, 6) is -0.210. The van der Waals surface area contributed by atoms with Crippen molar-refractivity contribution in [2.45, 2.75) is 32.0 Å². The van der Waals surface area contributed by atoms with E-state index in [0.29, 0.717) is 6.54 Å². The highest BCUT2D eigenvalue weighted by Gasteiger charge is 2.16. The third kappa shape index (κ3) is 4.73. The molecule has 2 atom stereocenters. The normalized spacial score (nSPS) is 13.9. The van der Waals surface area contributed by atoms with Crippen LogP contribution >= 0.6 is 0 Å². The average Bonchev–Trinajstić information content (AvgIpc) is 2.35. The van der Waals surface area contributed by atoms with Gasteiger partial charge in [0, 0.05) is 12.6 Å². The van der Waals surface area contributed by atoms with Gasteiger partial charge in [-0.2, -0.15) is 0 Å². The van der Waals surface area contributed by atoms with Crippen LogP contribution < -0.4 is 10.1 Å². The Morgan fingerprint density at radius 3 is 2.50 bits per heavy atom. The van der Waals surface area contributed by atoms with Crippen molar-refractivity contribution >= 4 is 5.97 Å². The number of carboxylic acid groups (broad SMARTS) is 1. The van der Waals surface area contributed by atoms with Gasteiger partial charge in [0.05, 0.1) is 19.6 Å². The minimum Gasteiger partial charge on any atom is -0.497 e. The van der Waals surface area contributed by atoms with Crippen molar-refractivity contribution in [3.05, 3.63) is 29.8 Å². The molecule has 1 aromatic carbocycles. The lowest BCUT2D eigenvalue weighted by molar-refractivity contribution is -0.139. The van der Waals surface area contributed by atoms with Crippen LogP contribution in [-0.2, 0) is 11.3 Å². The Morgan fingerprint density at radius 1 is 1.39 bits per heavy atom. The van der Waals surface area contributed by atoms with Gasteiger partial charge >= 0.3 is 5.97 Å². The zero-order valence-electron chi connectivity index (χ0n) is 10.6. The van der Waals surface area contributed by atoms with Crippen molar-refractivity contribution in [1.82, 2.24) is 5.32 Å².